The predicted molar refractivity (Wildman–Crippen MR) is 169 cm³/mol. The maximum absolute atomic E-state index is 13.2. The number of phenolic OH excluding ortho intramolecular Hbond substituents is 1. The molecular formula is C29H22ClN3O10S3. The zero-order valence-corrected chi connectivity index (χ0v) is 26.6. The van der Waals surface area contributed by atoms with Crippen molar-refractivity contribution in [2.24, 2.45) is 10.2 Å². The lowest BCUT2D eigenvalue weighted by Gasteiger charge is -2.16. The van der Waals surface area contributed by atoms with Gasteiger partial charge in [0.25, 0.3) is 30.3 Å². The Hall–Kier alpha value is -4.58. The van der Waals surface area contributed by atoms with Crippen LogP contribution in [0.3, 0.4) is 0 Å². The van der Waals surface area contributed by atoms with Crippen LogP contribution in [0.25, 0.3) is 10.8 Å². The number of para-hydroxylation sites is 1. The maximum Gasteiger partial charge on any atom is 0.296 e. The summed E-state index contributed by atoms with van der Waals surface area (Å²) in [6.45, 7) is 1.73. The molecule has 0 amide bonds. The number of aryl methyl sites for hydroxylation is 1. The van der Waals surface area contributed by atoms with Crippen molar-refractivity contribution in [2.75, 3.05) is 4.72 Å². The van der Waals surface area contributed by atoms with E-state index in [4.69, 9.17) is 16.3 Å². The Morgan fingerprint density at radius 1 is 0.739 bits per heavy atom. The third-order valence-corrected chi connectivity index (χ3v) is 9.67. The molecule has 0 saturated heterocycles. The molecule has 0 aliphatic heterocycles. The molecule has 0 aliphatic carbocycles. The van der Waals surface area contributed by atoms with Crippen molar-refractivity contribution in [3.8, 4) is 17.2 Å². The van der Waals surface area contributed by atoms with Gasteiger partial charge in [0.2, 0.25) is 0 Å². The average molecular weight is 704 g/mol. The molecule has 5 rings (SSSR count). The van der Waals surface area contributed by atoms with Crippen molar-refractivity contribution >= 4 is 69.7 Å². The van der Waals surface area contributed by atoms with Gasteiger partial charge in [-0.3, -0.25) is 13.8 Å². The molecule has 0 aromatic heterocycles. The second-order valence-electron chi connectivity index (χ2n) is 9.77. The van der Waals surface area contributed by atoms with Crippen molar-refractivity contribution in [1.29, 1.82) is 0 Å². The minimum absolute atomic E-state index is 0.0289. The third kappa shape index (κ3) is 7.28. The molecule has 238 valence electrons. The Kier molecular flexibility index (Phi) is 8.78. The molecule has 5 aromatic carbocycles. The van der Waals surface area contributed by atoms with Gasteiger partial charge in [0, 0.05) is 11.1 Å². The van der Waals surface area contributed by atoms with Crippen LogP contribution in [0.4, 0.5) is 17.1 Å². The van der Waals surface area contributed by atoms with Gasteiger partial charge >= 0.3 is 0 Å². The van der Waals surface area contributed by atoms with Gasteiger partial charge in [0.15, 0.2) is 5.75 Å². The number of sulfonamides is 1. The Morgan fingerprint density at radius 2 is 1.41 bits per heavy atom. The number of hydrogen-bond donors (Lipinski definition) is 4. The number of fused-ring (bicyclic) bond motifs is 1. The molecule has 0 bridgehead atoms. The summed E-state index contributed by atoms with van der Waals surface area (Å²) in [7, 11) is -14.6. The van der Waals surface area contributed by atoms with Gasteiger partial charge in [-0.25, -0.2) is 8.42 Å². The number of aromatic hydroxyl groups is 1. The molecule has 0 atom stereocenters. The summed E-state index contributed by atoms with van der Waals surface area (Å²) >= 11 is 6.20. The van der Waals surface area contributed by atoms with E-state index in [0.717, 1.165) is 23.8 Å². The van der Waals surface area contributed by atoms with Crippen molar-refractivity contribution in [1.82, 2.24) is 0 Å². The van der Waals surface area contributed by atoms with Crippen LogP contribution in [-0.2, 0) is 30.3 Å². The van der Waals surface area contributed by atoms with E-state index in [-0.39, 0.29) is 21.4 Å². The predicted octanol–water partition coefficient (Wildman–Crippen LogP) is 7.01. The molecule has 4 N–H and O–H groups in total. The van der Waals surface area contributed by atoms with E-state index in [2.05, 4.69) is 15.0 Å². The second-order valence-corrected chi connectivity index (χ2v) is 14.7. The number of benzene rings is 5. The summed E-state index contributed by atoms with van der Waals surface area (Å²) in [4.78, 5) is -2.09. The summed E-state index contributed by atoms with van der Waals surface area (Å²) in [6.07, 6.45) is 0. The van der Waals surface area contributed by atoms with E-state index in [1.54, 1.807) is 37.3 Å². The molecule has 46 heavy (non-hydrogen) atoms. The van der Waals surface area contributed by atoms with E-state index in [0.29, 0.717) is 5.75 Å². The Labute approximate surface area is 268 Å². The van der Waals surface area contributed by atoms with E-state index in [1.165, 1.54) is 42.5 Å². The number of halogens is 1. The summed E-state index contributed by atoms with van der Waals surface area (Å²) in [5, 5.41) is 18.4. The Balaban J connectivity index is 1.70. The van der Waals surface area contributed by atoms with Gasteiger partial charge < -0.3 is 9.84 Å². The van der Waals surface area contributed by atoms with Gasteiger partial charge in [-0.15, -0.1) is 5.11 Å². The molecule has 0 fully saturated rings. The summed E-state index contributed by atoms with van der Waals surface area (Å²) in [6, 6.07) is 20.7. The first-order valence-electron chi connectivity index (χ1n) is 12.8. The Morgan fingerprint density at radius 3 is 2.04 bits per heavy atom. The number of ether oxygens (including phenoxy) is 1. The average Bonchev–Trinajstić information content (AvgIpc) is 2.95. The number of nitrogens with zero attached hydrogens (tertiary/aromatic N) is 2. The van der Waals surface area contributed by atoms with E-state index < -0.39 is 67.9 Å². The molecule has 0 heterocycles. The molecular weight excluding hydrogens is 682 g/mol. The molecule has 5 aromatic rings. The fourth-order valence-electron chi connectivity index (χ4n) is 4.30. The van der Waals surface area contributed by atoms with Crippen LogP contribution < -0.4 is 9.46 Å². The molecule has 17 heteroatoms. The lowest BCUT2D eigenvalue weighted by molar-refractivity contribution is 0.472. The van der Waals surface area contributed by atoms with E-state index in [9.17, 15) is 39.5 Å². The second kappa shape index (κ2) is 12.3. The topological polar surface area (TPSA) is 209 Å². The Bertz CT molecular complexity index is 2350. The number of nitrogens with one attached hydrogen (secondary N) is 1. The van der Waals surface area contributed by atoms with Crippen LogP contribution >= 0.6 is 11.6 Å². The molecule has 0 aliphatic rings. The number of anilines is 1. The molecule has 0 spiro atoms. The summed E-state index contributed by atoms with van der Waals surface area (Å²) in [5.41, 5.74) is -0.610. The number of hydrogen-bond acceptors (Lipinski definition) is 10. The number of rotatable bonds is 9. The zero-order chi connectivity index (χ0) is 33.4. The lowest BCUT2D eigenvalue weighted by atomic mass is 10.1. The molecule has 13 nitrogen and oxygen atoms in total. The molecule has 0 saturated carbocycles. The summed E-state index contributed by atoms with van der Waals surface area (Å²) in [5.74, 6) is -0.297. The zero-order valence-electron chi connectivity index (χ0n) is 23.4. The van der Waals surface area contributed by atoms with Gasteiger partial charge in [-0.1, -0.05) is 47.5 Å². The highest BCUT2D eigenvalue weighted by Crippen LogP contribution is 2.46. The fraction of sp³-hybridized carbons (Fsp3) is 0.0345. The van der Waals surface area contributed by atoms with Gasteiger partial charge in [-0.2, -0.15) is 21.9 Å². The maximum atomic E-state index is 13.2. The normalized spacial score (nSPS) is 12.4. The highest BCUT2D eigenvalue weighted by molar-refractivity contribution is 7.92. The SMILES string of the molecule is Cc1ccc(S(=O)(=O)Nc2cc(S(=O)(=O)O)cc3cc(S(=O)(=O)O)c(N=Nc4cc(Cl)cc(Oc5ccccc5)c4)c(O)c23)cc1. The third-order valence-electron chi connectivity index (χ3n) is 6.38. The first-order valence-corrected chi connectivity index (χ1v) is 17.6. The van der Waals surface area contributed by atoms with Crippen molar-refractivity contribution < 1.29 is 44.2 Å². The van der Waals surface area contributed by atoms with Crippen molar-refractivity contribution in [3.63, 3.8) is 0 Å². The standard InChI is InChI=1S/C29H22ClN3O10S3/c1-17-7-9-23(10-8-17)44(35,36)33-25-16-24(45(37,38)39)11-18-12-26(46(40,41)42)28(29(34)27(18)25)32-31-20-13-19(30)14-22(15-20)43-21-5-3-2-4-6-21/h2-16,33-34H,1H3,(H,37,38,39)(H,40,41,42). The van der Waals surface area contributed by atoms with E-state index >= 15 is 0 Å². The van der Waals surface area contributed by atoms with Gasteiger partial charge in [0.1, 0.15) is 22.1 Å². The minimum atomic E-state index is -5.17. The van der Waals surface area contributed by atoms with Gasteiger partial charge in [-0.05, 0) is 66.9 Å². The van der Waals surface area contributed by atoms with Gasteiger partial charge in [0.05, 0.1) is 26.6 Å². The first kappa shape index (κ1) is 32.8. The number of phenols is 1. The van der Waals surface area contributed by atoms with Crippen LogP contribution in [0.2, 0.25) is 5.02 Å². The highest BCUT2D eigenvalue weighted by atomic mass is 35.5. The van der Waals surface area contributed by atoms with Crippen molar-refractivity contribution in [2.45, 2.75) is 21.6 Å². The largest absolute Gasteiger partial charge is 0.505 e. The minimum Gasteiger partial charge on any atom is -0.505 e. The van der Waals surface area contributed by atoms with Crippen LogP contribution in [0.15, 0.2) is 116 Å². The fourth-order valence-corrected chi connectivity index (χ4v) is 6.78. The molecule has 0 radical (unpaired) electrons. The van der Waals surface area contributed by atoms with Crippen LogP contribution in [0, 0.1) is 6.92 Å². The van der Waals surface area contributed by atoms with Crippen molar-refractivity contribution in [3.05, 3.63) is 102 Å². The van der Waals surface area contributed by atoms with Crippen LogP contribution in [0.1, 0.15) is 5.56 Å². The van der Waals surface area contributed by atoms with E-state index in [1.807, 2.05) is 0 Å². The summed E-state index contributed by atoms with van der Waals surface area (Å²) < 4.78 is 103. The van der Waals surface area contributed by atoms with Crippen LogP contribution in [0.5, 0.6) is 17.2 Å². The van der Waals surface area contributed by atoms with Crippen LogP contribution in [-0.4, -0.2) is 39.5 Å². The lowest BCUT2D eigenvalue weighted by Crippen LogP contribution is -2.14. The number of azo groups is 1. The highest BCUT2D eigenvalue weighted by Gasteiger charge is 2.27. The monoisotopic (exact) mass is 703 g/mol. The first-order chi connectivity index (χ1) is 21.5. The quantitative estimate of drug-likeness (QED) is 0.0911. The molecule has 0 unspecified atom stereocenters. The smallest absolute Gasteiger partial charge is 0.296 e.